The van der Waals surface area contributed by atoms with E-state index in [1.54, 1.807) is 35.4 Å². The molecule has 0 aliphatic heterocycles. The van der Waals surface area contributed by atoms with Gasteiger partial charge in [-0.3, -0.25) is 9.59 Å². The minimum absolute atomic E-state index is 0.243. The van der Waals surface area contributed by atoms with Crippen LogP contribution in [-0.4, -0.2) is 46.4 Å². The third-order valence-electron chi connectivity index (χ3n) is 2.73. The Morgan fingerprint density at radius 1 is 0.917 bits per heavy atom. The summed E-state index contributed by atoms with van der Waals surface area (Å²) in [7, 11) is 3.24. The van der Waals surface area contributed by atoms with Crippen LogP contribution in [-0.2, 0) is 0 Å². The summed E-state index contributed by atoms with van der Waals surface area (Å²) in [5.74, 6) is 1.95. The van der Waals surface area contributed by atoms with E-state index in [2.05, 4.69) is 20.6 Å². The van der Waals surface area contributed by atoms with Crippen molar-refractivity contribution < 1.29 is 18.4 Å². The molecular formula is C14H18N4O4S2. The van der Waals surface area contributed by atoms with Crippen molar-refractivity contribution in [3.63, 3.8) is 0 Å². The lowest BCUT2D eigenvalue weighted by Crippen LogP contribution is -2.26. The first-order valence-electron chi connectivity index (χ1n) is 7.21. The number of hydrogen-bond donors (Lipinski definition) is 2. The van der Waals surface area contributed by atoms with Crippen LogP contribution in [0.2, 0.25) is 0 Å². The number of nitrogens with one attached hydrogen (secondary N) is 2. The summed E-state index contributed by atoms with van der Waals surface area (Å²) < 4.78 is 9.97. The molecule has 24 heavy (non-hydrogen) atoms. The maximum Gasteiger partial charge on any atom is 0.273 e. The highest BCUT2D eigenvalue weighted by Gasteiger charge is 2.10. The van der Waals surface area contributed by atoms with Gasteiger partial charge in [0, 0.05) is 38.4 Å². The van der Waals surface area contributed by atoms with E-state index in [4.69, 9.17) is 8.83 Å². The van der Waals surface area contributed by atoms with Crippen LogP contribution in [0.4, 0.5) is 0 Å². The van der Waals surface area contributed by atoms with Crippen LogP contribution < -0.4 is 10.6 Å². The van der Waals surface area contributed by atoms with E-state index in [-0.39, 0.29) is 23.2 Å². The number of nitrogens with zero attached hydrogens (tertiary/aromatic N) is 2. The largest absolute Gasteiger partial charge is 0.448 e. The predicted octanol–water partition coefficient (Wildman–Crippen LogP) is 1.82. The fourth-order valence-corrected chi connectivity index (χ4v) is 3.46. The average molecular weight is 370 g/mol. The first-order chi connectivity index (χ1) is 11.6. The predicted molar refractivity (Wildman–Crippen MR) is 92.1 cm³/mol. The second-order valence-corrected chi connectivity index (χ2v) is 7.36. The smallest absolute Gasteiger partial charge is 0.273 e. The van der Waals surface area contributed by atoms with Gasteiger partial charge in [0.2, 0.25) is 0 Å². The van der Waals surface area contributed by atoms with Crippen molar-refractivity contribution in [3.8, 4) is 0 Å². The topological polar surface area (TPSA) is 110 Å². The van der Waals surface area contributed by atoms with Gasteiger partial charge < -0.3 is 19.5 Å². The van der Waals surface area contributed by atoms with E-state index < -0.39 is 0 Å². The summed E-state index contributed by atoms with van der Waals surface area (Å²) in [5, 5.41) is 5.52. The van der Waals surface area contributed by atoms with E-state index in [9.17, 15) is 9.59 Å². The third-order valence-corrected chi connectivity index (χ3v) is 5.14. The molecule has 0 saturated heterocycles. The molecule has 0 spiro atoms. The van der Waals surface area contributed by atoms with E-state index in [1.807, 2.05) is 0 Å². The first kappa shape index (κ1) is 18.4. The second kappa shape index (κ2) is 9.38. The van der Waals surface area contributed by atoms with Gasteiger partial charge in [0.25, 0.3) is 11.8 Å². The van der Waals surface area contributed by atoms with Crippen molar-refractivity contribution in [2.45, 2.75) is 13.8 Å². The Labute approximate surface area is 147 Å². The maximum absolute atomic E-state index is 11.7. The molecule has 0 aromatic carbocycles. The molecule has 2 amide bonds. The zero-order valence-corrected chi connectivity index (χ0v) is 15.0. The van der Waals surface area contributed by atoms with Gasteiger partial charge in [-0.15, -0.1) is 0 Å². The molecule has 0 fully saturated rings. The summed E-state index contributed by atoms with van der Waals surface area (Å²) >= 11 is 0. The number of hydrogen-bond acceptors (Lipinski definition) is 8. The molecule has 2 aromatic heterocycles. The lowest BCUT2D eigenvalue weighted by Gasteiger charge is -2.04. The van der Waals surface area contributed by atoms with Crippen LogP contribution >= 0.6 is 21.6 Å². The Hall–Kier alpha value is -1.94. The first-order valence-corrected chi connectivity index (χ1v) is 9.70. The Morgan fingerprint density at radius 2 is 1.33 bits per heavy atom. The van der Waals surface area contributed by atoms with Crippen molar-refractivity contribution >= 4 is 33.4 Å². The quantitative estimate of drug-likeness (QED) is 0.508. The zero-order chi connectivity index (χ0) is 17.4. The molecule has 2 heterocycles. The van der Waals surface area contributed by atoms with E-state index >= 15 is 0 Å². The molecule has 0 aliphatic carbocycles. The van der Waals surface area contributed by atoms with Crippen LogP contribution in [0.25, 0.3) is 0 Å². The molecule has 8 nitrogen and oxygen atoms in total. The van der Waals surface area contributed by atoms with Crippen molar-refractivity contribution in [1.29, 1.82) is 0 Å². The number of aryl methyl sites for hydroxylation is 2. The molecule has 0 atom stereocenters. The molecule has 0 unspecified atom stereocenters. The Morgan fingerprint density at radius 3 is 1.67 bits per heavy atom. The van der Waals surface area contributed by atoms with Gasteiger partial charge in [-0.2, -0.15) is 0 Å². The number of oxazole rings is 2. The summed E-state index contributed by atoms with van der Waals surface area (Å²) in [6, 6.07) is 0. The lowest BCUT2D eigenvalue weighted by molar-refractivity contribution is 0.0943. The molecule has 10 heteroatoms. The standard InChI is InChI=1S/C14H18N4O4S2/c1-9-17-11(7-21-9)13(19)15-3-5-23-24-6-4-16-14(20)12-8-22-10(2)18-12/h7-8H,3-6H2,1-2H3,(H,15,19)(H,16,20). The molecule has 0 radical (unpaired) electrons. The molecule has 0 aliphatic rings. The van der Waals surface area contributed by atoms with Crippen LogP contribution in [0, 0.1) is 13.8 Å². The lowest BCUT2D eigenvalue weighted by atomic mass is 10.4. The van der Waals surface area contributed by atoms with Crippen molar-refractivity contribution in [2.24, 2.45) is 0 Å². The minimum atomic E-state index is -0.243. The molecule has 2 N–H and O–H groups in total. The monoisotopic (exact) mass is 370 g/mol. The summed E-state index contributed by atoms with van der Waals surface area (Å²) in [6.45, 7) is 4.44. The number of carbonyl (C=O) groups excluding carboxylic acids is 2. The number of carbonyl (C=O) groups is 2. The molecule has 130 valence electrons. The maximum atomic E-state index is 11.7. The van der Waals surface area contributed by atoms with E-state index in [0.717, 1.165) is 11.5 Å². The molecule has 0 bridgehead atoms. The fourth-order valence-electron chi connectivity index (χ4n) is 1.65. The van der Waals surface area contributed by atoms with Gasteiger partial charge in [0.05, 0.1) is 0 Å². The molecule has 2 aromatic rings. The highest BCUT2D eigenvalue weighted by molar-refractivity contribution is 8.76. The second-order valence-electron chi connectivity index (χ2n) is 4.66. The summed E-state index contributed by atoms with van der Waals surface area (Å²) in [5.41, 5.74) is 0.576. The SMILES string of the molecule is Cc1nc(C(=O)NCCSSCCNC(=O)c2coc(C)n2)co1. The number of aromatic nitrogens is 2. The Kier molecular flexibility index (Phi) is 7.19. The van der Waals surface area contributed by atoms with Crippen molar-refractivity contribution in [2.75, 3.05) is 24.6 Å². The van der Waals surface area contributed by atoms with Crippen LogP contribution in [0.15, 0.2) is 21.4 Å². The zero-order valence-electron chi connectivity index (χ0n) is 13.3. The highest BCUT2D eigenvalue weighted by Crippen LogP contribution is 2.19. The van der Waals surface area contributed by atoms with Gasteiger partial charge in [-0.1, -0.05) is 21.6 Å². The number of amides is 2. The van der Waals surface area contributed by atoms with Gasteiger partial charge in [0.1, 0.15) is 12.5 Å². The van der Waals surface area contributed by atoms with Gasteiger partial charge in [-0.05, 0) is 0 Å². The summed E-state index contributed by atoms with van der Waals surface area (Å²) in [6.07, 6.45) is 2.68. The van der Waals surface area contributed by atoms with Crippen LogP contribution in [0.3, 0.4) is 0 Å². The molecular weight excluding hydrogens is 352 g/mol. The highest BCUT2D eigenvalue weighted by atomic mass is 33.1. The van der Waals surface area contributed by atoms with Crippen molar-refractivity contribution in [1.82, 2.24) is 20.6 Å². The van der Waals surface area contributed by atoms with Crippen molar-refractivity contribution in [3.05, 3.63) is 35.7 Å². The third kappa shape index (κ3) is 5.93. The normalized spacial score (nSPS) is 10.6. The van der Waals surface area contributed by atoms with Crippen LogP contribution in [0.5, 0.6) is 0 Å². The van der Waals surface area contributed by atoms with Gasteiger partial charge in [-0.25, -0.2) is 9.97 Å². The number of rotatable bonds is 9. The Bertz CT molecular complexity index is 628. The average Bonchev–Trinajstić information content (AvgIpc) is 3.18. The molecule has 0 saturated carbocycles. The molecule has 2 rings (SSSR count). The van der Waals surface area contributed by atoms with Gasteiger partial charge in [0.15, 0.2) is 23.2 Å². The Balaban J connectivity index is 1.48. The van der Waals surface area contributed by atoms with E-state index in [1.165, 1.54) is 12.5 Å². The van der Waals surface area contributed by atoms with Gasteiger partial charge >= 0.3 is 0 Å². The minimum Gasteiger partial charge on any atom is -0.448 e. The van der Waals surface area contributed by atoms with E-state index in [0.29, 0.717) is 24.9 Å². The fraction of sp³-hybridized carbons (Fsp3) is 0.429. The van der Waals surface area contributed by atoms with Crippen LogP contribution in [0.1, 0.15) is 32.8 Å². The summed E-state index contributed by atoms with van der Waals surface area (Å²) in [4.78, 5) is 31.3.